The number of amides is 1. The van der Waals surface area contributed by atoms with Crippen LogP contribution in [0.4, 0.5) is 0 Å². The molecule has 21 heavy (non-hydrogen) atoms. The van der Waals surface area contributed by atoms with Crippen LogP contribution in [-0.2, 0) is 0 Å². The van der Waals surface area contributed by atoms with Gasteiger partial charge in [-0.05, 0) is 17.4 Å². The maximum absolute atomic E-state index is 12.6. The van der Waals surface area contributed by atoms with Gasteiger partial charge in [0.25, 0.3) is 5.91 Å². The van der Waals surface area contributed by atoms with Crippen LogP contribution in [0, 0.1) is 29.1 Å². The number of aliphatic hydroxyl groups is 1. The summed E-state index contributed by atoms with van der Waals surface area (Å²) in [5.41, 5.74) is 0.698. The summed E-state index contributed by atoms with van der Waals surface area (Å²) in [4.78, 5) is 14.9. The van der Waals surface area contributed by atoms with Crippen LogP contribution in [0.3, 0.4) is 0 Å². The van der Waals surface area contributed by atoms with Gasteiger partial charge >= 0.3 is 0 Å². The summed E-state index contributed by atoms with van der Waals surface area (Å²) in [6, 6.07) is 3.90. The maximum Gasteiger partial charge on any atom is 0.265 e. The van der Waals surface area contributed by atoms with Crippen molar-refractivity contribution in [3.8, 4) is 17.9 Å². The van der Waals surface area contributed by atoms with Gasteiger partial charge in [0.15, 0.2) is 0 Å². The Balaban J connectivity index is 2.91. The highest BCUT2D eigenvalue weighted by Crippen LogP contribution is 2.19. The Morgan fingerprint density at radius 2 is 2.24 bits per heavy atom. The molecule has 1 aromatic heterocycles. The average molecular weight is 304 g/mol. The number of carbonyl (C=O) groups excluding carboxylic acids is 1. The second-order valence-electron chi connectivity index (χ2n) is 4.99. The van der Waals surface area contributed by atoms with Gasteiger partial charge in [0.1, 0.15) is 4.88 Å². The Labute approximate surface area is 130 Å². The van der Waals surface area contributed by atoms with E-state index in [-0.39, 0.29) is 12.5 Å². The molecule has 0 fully saturated rings. The molecule has 5 heteroatoms. The SMILES string of the molecule is CC(C)CN(CCC#N)C(=O)c1sccc1C#CCCO. The molecule has 4 nitrogen and oxygen atoms in total. The lowest BCUT2D eigenvalue weighted by Gasteiger charge is -2.23. The summed E-state index contributed by atoms with van der Waals surface area (Å²) in [7, 11) is 0. The van der Waals surface area contributed by atoms with Crippen molar-refractivity contribution in [2.45, 2.75) is 26.7 Å². The standard InChI is InChI=1S/C16H20N2O2S/c1-13(2)12-18(9-5-8-17)16(20)15-14(7-11-21-15)6-3-4-10-19/h7,11,13,19H,4-5,9-10,12H2,1-2H3. The van der Waals surface area contributed by atoms with Gasteiger partial charge in [-0.25, -0.2) is 0 Å². The lowest BCUT2D eigenvalue weighted by Crippen LogP contribution is -2.34. The van der Waals surface area contributed by atoms with Crippen LogP contribution in [0.1, 0.15) is 41.9 Å². The highest BCUT2D eigenvalue weighted by atomic mass is 32.1. The minimum absolute atomic E-state index is 0.0159. The predicted octanol–water partition coefficient (Wildman–Crippen LogP) is 2.49. The smallest absolute Gasteiger partial charge is 0.265 e. The van der Waals surface area contributed by atoms with Crippen molar-refractivity contribution in [2.75, 3.05) is 19.7 Å². The van der Waals surface area contributed by atoms with Gasteiger partial charge < -0.3 is 10.0 Å². The lowest BCUT2D eigenvalue weighted by molar-refractivity contribution is 0.0744. The van der Waals surface area contributed by atoms with E-state index < -0.39 is 0 Å². The normalized spacial score (nSPS) is 9.86. The molecule has 0 aliphatic rings. The van der Waals surface area contributed by atoms with Gasteiger partial charge in [0.05, 0.1) is 19.1 Å². The van der Waals surface area contributed by atoms with E-state index in [0.717, 1.165) is 0 Å². The molecule has 0 aromatic carbocycles. The van der Waals surface area contributed by atoms with Gasteiger partial charge in [-0.3, -0.25) is 4.79 Å². The molecule has 0 aliphatic heterocycles. The number of nitrogens with zero attached hydrogens (tertiary/aromatic N) is 2. The number of hydrogen-bond donors (Lipinski definition) is 1. The molecule has 0 bridgehead atoms. The molecule has 0 saturated heterocycles. The lowest BCUT2D eigenvalue weighted by atomic mass is 10.1. The molecule has 0 radical (unpaired) electrons. The zero-order chi connectivity index (χ0) is 15.7. The monoisotopic (exact) mass is 304 g/mol. The molecule has 1 rings (SSSR count). The van der Waals surface area contributed by atoms with E-state index in [4.69, 9.17) is 10.4 Å². The van der Waals surface area contributed by atoms with Crippen molar-refractivity contribution in [2.24, 2.45) is 5.92 Å². The molecule has 0 unspecified atom stereocenters. The first-order valence-corrected chi connectivity index (χ1v) is 7.81. The Morgan fingerprint density at radius 1 is 1.48 bits per heavy atom. The predicted molar refractivity (Wildman–Crippen MR) is 83.9 cm³/mol. The Hall–Kier alpha value is -1.82. The van der Waals surface area contributed by atoms with Gasteiger partial charge in [-0.2, -0.15) is 5.26 Å². The molecule has 1 aromatic rings. The minimum atomic E-state index is -0.0674. The van der Waals surface area contributed by atoms with Crippen LogP contribution in [-0.4, -0.2) is 35.6 Å². The fourth-order valence-electron chi connectivity index (χ4n) is 1.83. The summed E-state index contributed by atoms with van der Waals surface area (Å²) in [6.07, 6.45) is 0.725. The highest BCUT2D eigenvalue weighted by Gasteiger charge is 2.20. The van der Waals surface area contributed by atoms with Gasteiger partial charge in [-0.1, -0.05) is 25.7 Å². The number of carbonyl (C=O) groups is 1. The Bertz CT molecular complexity index is 561. The van der Waals surface area contributed by atoms with Gasteiger partial charge in [0.2, 0.25) is 0 Å². The Morgan fingerprint density at radius 3 is 2.86 bits per heavy atom. The summed E-state index contributed by atoms with van der Waals surface area (Å²) >= 11 is 1.37. The molecule has 0 atom stereocenters. The number of thiophene rings is 1. The van der Waals surface area contributed by atoms with Crippen molar-refractivity contribution in [3.05, 3.63) is 21.9 Å². The summed E-state index contributed by atoms with van der Waals surface area (Å²) in [6.45, 7) is 5.17. The van der Waals surface area contributed by atoms with E-state index in [0.29, 0.717) is 42.3 Å². The van der Waals surface area contributed by atoms with E-state index in [1.165, 1.54) is 11.3 Å². The van der Waals surface area contributed by atoms with Gasteiger partial charge in [-0.15, -0.1) is 11.3 Å². The topological polar surface area (TPSA) is 64.3 Å². The molecular weight excluding hydrogens is 284 g/mol. The van der Waals surface area contributed by atoms with E-state index in [1.807, 2.05) is 25.3 Å². The maximum atomic E-state index is 12.6. The molecule has 0 saturated carbocycles. The van der Waals surface area contributed by atoms with E-state index in [1.54, 1.807) is 4.90 Å². The molecule has 1 amide bonds. The second kappa shape index (κ2) is 9.18. The van der Waals surface area contributed by atoms with E-state index >= 15 is 0 Å². The zero-order valence-electron chi connectivity index (χ0n) is 12.4. The number of nitriles is 1. The third-order valence-corrected chi connectivity index (χ3v) is 3.59. The molecule has 112 valence electrons. The van der Waals surface area contributed by atoms with Crippen LogP contribution in [0.5, 0.6) is 0 Å². The first kappa shape index (κ1) is 17.2. The minimum Gasteiger partial charge on any atom is -0.395 e. The van der Waals surface area contributed by atoms with Gasteiger partial charge in [0, 0.05) is 25.1 Å². The molecular formula is C16H20N2O2S. The van der Waals surface area contributed by atoms with E-state index in [2.05, 4.69) is 17.9 Å². The largest absolute Gasteiger partial charge is 0.395 e. The fraction of sp³-hybridized carbons (Fsp3) is 0.500. The second-order valence-corrected chi connectivity index (χ2v) is 5.91. The third-order valence-electron chi connectivity index (χ3n) is 2.69. The summed E-state index contributed by atoms with van der Waals surface area (Å²) in [5.74, 6) is 6.04. The first-order valence-electron chi connectivity index (χ1n) is 6.93. The quantitative estimate of drug-likeness (QED) is 0.821. The van der Waals surface area contributed by atoms with Crippen molar-refractivity contribution in [1.29, 1.82) is 5.26 Å². The molecule has 1 N–H and O–H groups in total. The summed E-state index contributed by atoms with van der Waals surface area (Å²) < 4.78 is 0. The molecule has 1 heterocycles. The van der Waals surface area contributed by atoms with Crippen LogP contribution in [0.25, 0.3) is 0 Å². The molecule has 0 spiro atoms. The van der Waals surface area contributed by atoms with Crippen molar-refractivity contribution in [3.63, 3.8) is 0 Å². The molecule has 0 aliphatic carbocycles. The average Bonchev–Trinajstić information content (AvgIpc) is 2.91. The number of aliphatic hydroxyl groups excluding tert-OH is 1. The third kappa shape index (κ3) is 5.59. The van der Waals surface area contributed by atoms with Crippen LogP contribution < -0.4 is 0 Å². The van der Waals surface area contributed by atoms with Crippen molar-refractivity contribution in [1.82, 2.24) is 4.90 Å². The Kier molecular flexibility index (Phi) is 7.53. The van der Waals surface area contributed by atoms with Crippen LogP contribution in [0.15, 0.2) is 11.4 Å². The number of hydrogen-bond acceptors (Lipinski definition) is 4. The first-order chi connectivity index (χ1) is 10.1. The zero-order valence-corrected chi connectivity index (χ0v) is 13.2. The van der Waals surface area contributed by atoms with Crippen LogP contribution in [0.2, 0.25) is 0 Å². The van der Waals surface area contributed by atoms with Crippen LogP contribution >= 0.6 is 11.3 Å². The summed E-state index contributed by atoms with van der Waals surface area (Å²) in [5, 5.41) is 19.3. The number of rotatable bonds is 6. The fourth-order valence-corrected chi connectivity index (χ4v) is 2.65. The highest BCUT2D eigenvalue weighted by molar-refractivity contribution is 7.12. The van der Waals surface area contributed by atoms with E-state index in [9.17, 15) is 4.79 Å². The van der Waals surface area contributed by atoms with Crippen molar-refractivity contribution >= 4 is 17.2 Å². The van der Waals surface area contributed by atoms with Crippen molar-refractivity contribution < 1.29 is 9.90 Å².